The van der Waals surface area contributed by atoms with Gasteiger partial charge in [0.2, 0.25) is 0 Å². The summed E-state index contributed by atoms with van der Waals surface area (Å²) in [5.41, 5.74) is 7.58. The molecule has 19 heavy (non-hydrogen) atoms. The standard InChI is InChI=1S/C16H24FNO/c1-16(2)7-5-14(6-8-16)19-11-13-9-12(10-18)3-4-15(13)17/h3-4,9,14H,5-8,10-11,18H2,1-2H3. The Morgan fingerprint density at radius 2 is 2.00 bits per heavy atom. The van der Waals surface area contributed by atoms with Crippen molar-refractivity contribution in [2.75, 3.05) is 0 Å². The van der Waals surface area contributed by atoms with Gasteiger partial charge in [0.1, 0.15) is 5.82 Å². The molecule has 106 valence electrons. The third-order valence-corrected chi connectivity index (χ3v) is 4.11. The van der Waals surface area contributed by atoms with E-state index in [9.17, 15) is 4.39 Å². The maximum Gasteiger partial charge on any atom is 0.128 e. The Balaban J connectivity index is 1.89. The zero-order valence-corrected chi connectivity index (χ0v) is 11.9. The van der Waals surface area contributed by atoms with Gasteiger partial charge in [-0.1, -0.05) is 19.9 Å². The SMILES string of the molecule is CC1(C)CCC(OCc2cc(CN)ccc2F)CC1. The minimum absolute atomic E-state index is 0.201. The molecule has 0 aromatic heterocycles. The van der Waals surface area contributed by atoms with E-state index in [-0.39, 0.29) is 11.9 Å². The van der Waals surface area contributed by atoms with E-state index < -0.39 is 0 Å². The Kier molecular flexibility index (Phi) is 4.58. The molecule has 2 nitrogen and oxygen atoms in total. The normalized spacial score (nSPS) is 19.6. The minimum atomic E-state index is -0.201. The predicted molar refractivity (Wildman–Crippen MR) is 75.1 cm³/mol. The second-order valence-electron chi connectivity index (χ2n) is 6.30. The summed E-state index contributed by atoms with van der Waals surface area (Å²) in [5.74, 6) is -0.201. The molecular formula is C16H24FNO. The summed E-state index contributed by atoms with van der Waals surface area (Å²) in [6.07, 6.45) is 4.79. The quantitative estimate of drug-likeness (QED) is 0.899. The average Bonchev–Trinajstić information content (AvgIpc) is 2.39. The maximum atomic E-state index is 13.7. The fraction of sp³-hybridized carbons (Fsp3) is 0.625. The Morgan fingerprint density at radius 3 is 2.63 bits per heavy atom. The minimum Gasteiger partial charge on any atom is -0.373 e. The van der Waals surface area contributed by atoms with Gasteiger partial charge in [-0.05, 0) is 48.8 Å². The Bertz CT molecular complexity index is 421. The van der Waals surface area contributed by atoms with Gasteiger partial charge in [-0.25, -0.2) is 4.39 Å². The summed E-state index contributed by atoms with van der Waals surface area (Å²) in [6, 6.07) is 5.01. The van der Waals surface area contributed by atoms with E-state index in [4.69, 9.17) is 10.5 Å². The van der Waals surface area contributed by atoms with Crippen molar-refractivity contribution in [1.29, 1.82) is 0 Å². The van der Waals surface area contributed by atoms with Crippen molar-refractivity contribution in [2.45, 2.75) is 58.8 Å². The van der Waals surface area contributed by atoms with Gasteiger partial charge in [0.25, 0.3) is 0 Å². The van der Waals surface area contributed by atoms with Crippen molar-refractivity contribution < 1.29 is 9.13 Å². The van der Waals surface area contributed by atoms with Gasteiger partial charge in [-0.15, -0.1) is 0 Å². The number of hydrogen-bond acceptors (Lipinski definition) is 2. The van der Waals surface area contributed by atoms with Crippen LogP contribution in [0.2, 0.25) is 0 Å². The van der Waals surface area contributed by atoms with Crippen LogP contribution in [-0.4, -0.2) is 6.10 Å². The highest BCUT2D eigenvalue weighted by atomic mass is 19.1. The van der Waals surface area contributed by atoms with Crippen LogP contribution in [0.1, 0.15) is 50.7 Å². The number of rotatable bonds is 4. The zero-order chi connectivity index (χ0) is 13.9. The smallest absolute Gasteiger partial charge is 0.128 e. The van der Waals surface area contributed by atoms with E-state index in [2.05, 4.69) is 13.8 Å². The van der Waals surface area contributed by atoms with E-state index >= 15 is 0 Å². The lowest BCUT2D eigenvalue weighted by Crippen LogP contribution is -2.26. The highest BCUT2D eigenvalue weighted by molar-refractivity contribution is 5.24. The van der Waals surface area contributed by atoms with Gasteiger partial charge in [-0.2, -0.15) is 0 Å². The monoisotopic (exact) mass is 265 g/mol. The lowest BCUT2D eigenvalue weighted by molar-refractivity contribution is -0.00661. The fourth-order valence-corrected chi connectivity index (χ4v) is 2.61. The van der Waals surface area contributed by atoms with Crippen LogP contribution in [0.4, 0.5) is 4.39 Å². The summed E-state index contributed by atoms with van der Waals surface area (Å²) in [7, 11) is 0. The van der Waals surface area contributed by atoms with Crippen LogP contribution in [0.25, 0.3) is 0 Å². The van der Waals surface area contributed by atoms with E-state index in [0.717, 1.165) is 18.4 Å². The van der Waals surface area contributed by atoms with Gasteiger partial charge in [0.05, 0.1) is 12.7 Å². The van der Waals surface area contributed by atoms with Crippen LogP contribution < -0.4 is 5.73 Å². The molecule has 1 saturated carbocycles. The first-order valence-corrected chi connectivity index (χ1v) is 7.09. The third kappa shape index (κ3) is 4.02. The molecule has 3 heteroatoms. The van der Waals surface area contributed by atoms with Crippen molar-refractivity contribution in [1.82, 2.24) is 0 Å². The molecule has 0 radical (unpaired) electrons. The van der Waals surface area contributed by atoms with Crippen molar-refractivity contribution in [3.63, 3.8) is 0 Å². The average molecular weight is 265 g/mol. The molecule has 0 saturated heterocycles. The lowest BCUT2D eigenvalue weighted by atomic mass is 9.76. The van der Waals surface area contributed by atoms with Crippen LogP contribution in [0.15, 0.2) is 18.2 Å². The molecule has 0 atom stereocenters. The van der Waals surface area contributed by atoms with E-state index in [1.54, 1.807) is 6.07 Å². The maximum absolute atomic E-state index is 13.7. The Hall–Kier alpha value is -0.930. The predicted octanol–water partition coefficient (Wildman–Crippen LogP) is 3.77. The zero-order valence-electron chi connectivity index (χ0n) is 11.9. The third-order valence-electron chi connectivity index (χ3n) is 4.11. The summed E-state index contributed by atoms with van der Waals surface area (Å²) < 4.78 is 19.5. The molecule has 1 aliphatic carbocycles. The number of ether oxygens (including phenoxy) is 1. The molecule has 0 amide bonds. The molecule has 0 aliphatic heterocycles. The summed E-state index contributed by atoms with van der Waals surface area (Å²) in [4.78, 5) is 0. The lowest BCUT2D eigenvalue weighted by Gasteiger charge is -2.34. The highest BCUT2D eigenvalue weighted by Crippen LogP contribution is 2.36. The van der Waals surface area contributed by atoms with Gasteiger partial charge >= 0.3 is 0 Å². The van der Waals surface area contributed by atoms with Crippen molar-refractivity contribution in [3.05, 3.63) is 35.1 Å². The van der Waals surface area contributed by atoms with Gasteiger partial charge in [0, 0.05) is 12.1 Å². The van der Waals surface area contributed by atoms with Crippen LogP contribution >= 0.6 is 0 Å². The summed E-state index contributed by atoms with van der Waals surface area (Å²) in [6.45, 7) is 5.39. The fourth-order valence-electron chi connectivity index (χ4n) is 2.61. The molecule has 1 fully saturated rings. The van der Waals surface area contributed by atoms with Crippen LogP contribution in [0.5, 0.6) is 0 Å². The van der Waals surface area contributed by atoms with Crippen LogP contribution in [0, 0.1) is 11.2 Å². The molecule has 0 heterocycles. The van der Waals surface area contributed by atoms with E-state index in [0.29, 0.717) is 24.1 Å². The molecule has 0 bridgehead atoms. The number of benzene rings is 1. The van der Waals surface area contributed by atoms with E-state index in [1.807, 2.05) is 6.07 Å². The van der Waals surface area contributed by atoms with Crippen molar-refractivity contribution >= 4 is 0 Å². The second kappa shape index (κ2) is 6.02. The summed E-state index contributed by atoms with van der Waals surface area (Å²) in [5, 5.41) is 0. The topological polar surface area (TPSA) is 35.2 Å². The van der Waals surface area contributed by atoms with Crippen molar-refractivity contribution in [2.24, 2.45) is 11.1 Å². The largest absolute Gasteiger partial charge is 0.373 e. The molecule has 2 rings (SSSR count). The first-order valence-electron chi connectivity index (χ1n) is 7.09. The molecule has 1 aromatic carbocycles. The van der Waals surface area contributed by atoms with Crippen LogP contribution in [-0.2, 0) is 17.9 Å². The number of hydrogen-bond donors (Lipinski definition) is 1. The highest BCUT2D eigenvalue weighted by Gasteiger charge is 2.27. The first kappa shape index (κ1) is 14.5. The number of halogens is 1. The molecule has 0 spiro atoms. The van der Waals surface area contributed by atoms with Gasteiger partial charge in [-0.3, -0.25) is 0 Å². The number of nitrogens with two attached hydrogens (primary N) is 1. The van der Waals surface area contributed by atoms with Gasteiger partial charge in [0.15, 0.2) is 0 Å². The second-order valence-corrected chi connectivity index (χ2v) is 6.30. The first-order chi connectivity index (χ1) is 9.00. The van der Waals surface area contributed by atoms with Crippen LogP contribution in [0.3, 0.4) is 0 Å². The molecule has 1 aromatic rings. The Labute approximate surface area is 115 Å². The summed E-state index contributed by atoms with van der Waals surface area (Å²) >= 11 is 0. The molecule has 2 N–H and O–H groups in total. The van der Waals surface area contributed by atoms with Crippen molar-refractivity contribution in [3.8, 4) is 0 Å². The molecule has 0 unspecified atom stereocenters. The Morgan fingerprint density at radius 1 is 1.32 bits per heavy atom. The molecular weight excluding hydrogens is 241 g/mol. The molecule has 1 aliphatic rings. The van der Waals surface area contributed by atoms with E-state index in [1.165, 1.54) is 18.9 Å². The van der Waals surface area contributed by atoms with Gasteiger partial charge < -0.3 is 10.5 Å².